The molecule has 0 radical (unpaired) electrons. The van der Waals surface area contributed by atoms with Crippen molar-refractivity contribution in [2.24, 2.45) is 12.8 Å². The van der Waals surface area contributed by atoms with Gasteiger partial charge in [-0.25, -0.2) is 9.97 Å². The molecule has 0 aliphatic heterocycles. The van der Waals surface area contributed by atoms with Crippen LogP contribution in [0.4, 0.5) is 0 Å². The standard InChI is InChI=1S/C25H18Cl2N8/c1-34-12-11-29-23(34)25(28,16-5-8-18(26)9-6-16)17-7-10-21-20(14-17)22(15-3-2-4-19(27)13-15)30-24-31-32-33-35(21)24/h2-14H,28H2,1H3. The molecule has 0 amide bonds. The predicted octanol–water partition coefficient (Wildman–Crippen LogP) is 4.63. The first-order valence-electron chi connectivity index (χ1n) is 10.8. The highest BCUT2D eigenvalue weighted by molar-refractivity contribution is 6.31. The van der Waals surface area contributed by atoms with Crippen LogP contribution in [0.1, 0.15) is 17.0 Å². The molecule has 6 rings (SSSR count). The van der Waals surface area contributed by atoms with E-state index < -0.39 is 5.54 Å². The lowest BCUT2D eigenvalue weighted by Gasteiger charge is -2.30. The Morgan fingerprint density at radius 2 is 1.71 bits per heavy atom. The lowest BCUT2D eigenvalue weighted by molar-refractivity contribution is 0.574. The summed E-state index contributed by atoms with van der Waals surface area (Å²) in [5, 5.41) is 14.1. The van der Waals surface area contributed by atoms with Gasteiger partial charge in [-0.2, -0.15) is 4.52 Å². The van der Waals surface area contributed by atoms with Gasteiger partial charge in [0, 0.05) is 40.4 Å². The van der Waals surface area contributed by atoms with Crippen LogP contribution in [0.2, 0.25) is 10.0 Å². The summed E-state index contributed by atoms with van der Waals surface area (Å²) >= 11 is 12.5. The zero-order valence-electron chi connectivity index (χ0n) is 18.5. The fraction of sp³-hybridized carbons (Fsp3) is 0.0800. The summed E-state index contributed by atoms with van der Waals surface area (Å²) in [7, 11) is 1.92. The number of aryl methyl sites for hydroxylation is 1. The third-order valence-electron chi connectivity index (χ3n) is 6.17. The second-order valence-electron chi connectivity index (χ2n) is 8.27. The molecule has 35 heavy (non-hydrogen) atoms. The third-order valence-corrected chi connectivity index (χ3v) is 6.66. The number of benzene rings is 3. The molecule has 3 aromatic heterocycles. The minimum Gasteiger partial charge on any atom is -0.336 e. The molecule has 1 atom stereocenters. The first-order chi connectivity index (χ1) is 16.9. The Morgan fingerprint density at radius 3 is 2.46 bits per heavy atom. The number of nitrogens with zero attached hydrogens (tertiary/aromatic N) is 7. The minimum atomic E-state index is -1.07. The molecule has 0 fully saturated rings. The second-order valence-corrected chi connectivity index (χ2v) is 9.14. The monoisotopic (exact) mass is 500 g/mol. The van der Waals surface area contributed by atoms with Gasteiger partial charge in [-0.1, -0.05) is 58.6 Å². The molecule has 3 aromatic carbocycles. The lowest BCUT2D eigenvalue weighted by atomic mass is 9.82. The smallest absolute Gasteiger partial charge is 0.274 e. The van der Waals surface area contributed by atoms with E-state index in [4.69, 9.17) is 33.9 Å². The van der Waals surface area contributed by atoms with Gasteiger partial charge in [-0.05, 0) is 58.0 Å². The summed E-state index contributed by atoms with van der Waals surface area (Å²) in [6, 6.07) is 20.9. The van der Waals surface area contributed by atoms with Crippen LogP contribution in [-0.4, -0.2) is 34.6 Å². The van der Waals surface area contributed by atoms with Gasteiger partial charge in [0.2, 0.25) is 0 Å². The Bertz CT molecular complexity index is 1710. The molecule has 1 unspecified atom stereocenters. The van der Waals surface area contributed by atoms with Crippen LogP contribution in [0.5, 0.6) is 0 Å². The molecule has 0 aliphatic rings. The first kappa shape index (κ1) is 21.7. The molecule has 8 nitrogen and oxygen atoms in total. The maximum atomic E-state index is 7.24. The van der Waals surface area contributed by atoms with Gasteiger partial charge in [-0.15, -0.1) is 0 Å². The highest BCUT2D eigenvalue weighted by Crippen LogP contribution is 2.37. The second kappa shape index (κ2) is 8.13. The molecular weight excluding hydrogens is 483 g/mol. The summed E-state index contributed by atoms with van der Waals surface area (Å²) < 4.78 is 3.52. The van der Waals surface area contributed by atoms with Gasteiger partial charge >= 0.3 is 0 Å². The molecule has 172 valence electrons. The van der Waals surface area contributed by atoms with Crippen LogP contribution in [0.25, 0.3) is 27.9 Å². The molecule has 0 saturated carbocycles. The summed E-state index contributed by atoms with van der Waals surface area (Å²) in [5.74, 6) is 1.07. The molecule has 10 heteroatoms. The summed E-state index contributed by atoms with van der Waals surface area (Å²) in [6.45, 7) is 0. The average Bonchev–Trinajstić information content (AvgIpc) is 3.52. The molecule has 0 bridgehead atoms. The number of hydrogen-bond donors (Lipinski definition) is 1. The van der Waals surface area contributed by atoms with E-state index in [0.29, 0.717) is 27.3 Å². The fourth-order valence-corrected chi connectivity index (χ4v) is 4.78. The number of fused-ring (bicyclic) bond motifs is 3. The number of hydrogen-bond acceptors (Lipinski definition) is 6. The topological polar surface area (TPSA) is 99.8 Å². The van der Waals surface area contributed by atoms with Gasteiger partial charge in [0.25, 0.3) is 5.78 Å². The number of tetrazole rings is 1. The number of imidazole rings is 1. The van der Waals surface area contributed by atoms with Crippen LogP contribution in [0.3, 0.4) is 0 Å². The van der Waals surface area contributed by atoms with Gasteiger partial charge in [-0.3, -0.25) is 0 Å². The minimum absolute atomic E-state index is 0.390. The van der Waals surface area contributed by atoms with Crippen LogP contribution in [0, 0.1) is 0 Å². The maximum absolute atomic E-state index is 7.24. The Kier molecular flexibility index (Phi) is 5.03. The van der Waals surface area contributed by atoms with Gasteiger partial charge in [0.15, 0.2) is 0 Å². The summed E-state index contributed by atoms with van der Waals surface area (Å²) in [6.07, 6.45) is 3.61. The van der Waals surface area contributed by atoms with E-state index in [1.807, 2.05) is 84.5 Å². The van der Waals surface area contributed by atoms with E-state index >= 15 is 0 Å². The zero-order chi connectivity index (χ0) is 24.2. The normalized spacial score (nSPS) is 13.4. The van der Waals surface area contributed by atoms with Crippen LogP contribution in [0.15, 0.2) is 79.1 Å². The summed E-state index contributed by atoms with van der Waals surface area (Å²) in [4.78, 5) is 9.36. The van der Waals surface area contributed by atoms with Crippen molar-refractivity contribution in [1.29, 1.82) is 0 Å². The Hall–Kier alpha value is -3.85. The van der Waals surface area contributed by atoms with E-state index in [2.05, 4.69) is 20.5 Å². The molecule has 3 heterocycles. The van der Waals surface area contributed by atoms with Crippen molar-refractivity contribution in [2.45, 2.75) is 5.54 Å². The number of aromatic nitrogens is 7. The predicted molar refractivity (Wildman–Crippen MR) is 135 cm³/mol. The van der Waals surface area contributed by atoms with Crippen LogP contribution in [-0.2, 0) is 12.6 Å². The number of halogens is 2. The van der Waals surface area contributed by atoms with E-state index in [1.165, 1.54) is 0 Å². The van der Waals surface area contributed by atoms with Crippen molar-refractivity contribution in [1.82, 2.24) is 34.6 Å². The van der Waals surface area contributed by atoms with Gasteiger partial charge in [0.1, 0.15) is 11.4 Å². The van der Waals surface area contributed by atoms with E-state index in [1.54, 1.807) is 10.7 Å². The van der Waals surface area contributed by atoms with Crippen molar-refractivity contribution < 1.29 is 0 Å². The maximum Gasteiger partial charge on any atom is 0.274 e. The van der Waals surface area contributed by atoms with Crippen molar-refractivity contribution >= 4 is 39.9 Å². The first-order valence-corrected chi connectivity index (χ1v) is 11.5. The van der Waals surface area contributed by atoms with Crippen molar-refractivity contribution in [2.75, 3.05) is 0 Å². The van der Waals surface area contributed by atoms with Gasteiger partial charge < -0.3 is 10.3 Å². The van der Waals surface area contributed by atoms with Gasteiger partial charge in [0.05, 0.1) is 11.2 Å². The largest absolute Gasteiger partial charge is 0.336 e. The fourth-order valence-electron chi connectivity index (χ4n) is 4.46. The van der Waals surface area contributed by atoms with Crippen molar-refractivity contribution in [3.63, 3.8) is 0 Å². The number of nitrogens with two attached hydrogens (primary N) is 1. The third kappa shape index (κ3) is 3.46. The zero-order valence-corrected chi connectivity index (χ0v) is 20.0. The van der Waals surface area contributed by atoms with Crippen LogP contribution >= 0.6 is 23.2 Å². The van der Waals surface area contributed by atoms with E-state index in [-0.39, 0.29) is 0 Å². The molecule has 0 aliphatic carbocycles. The van der Waals surface area contributed by atoms with Crippen LogP contribution < -0.4 is 5.73 Å². The SMILES string of the molecule is Cn1ccnc1C(N)(c1ccc(Cl)cc1)c1ccc2c(c1)c(-c1cccc(Cl)c1)nc1nnnn12. The van der Waals surface area contributed by atoms with Crippen molar-refractivity contribution in [3.05, 3.63) is 106 Å². The number of rotatable bonds is 4. The Labute approximate surface area is 210 Å². The highest BCUT2D eigenvalue weighted by Gasteiger charge is 2.36. The molecular formula is C25H18Cl2N8. The van der Waals surface area contributed by atoms with Crippen molar-refractivity contribution in [3.8, 4) is 11.3 Å². The Balaban J connectivity index is 1.68. The van der Waals surface area contributed by atoms with E-state index in [0.717, 1.165) is 27.6 Å². The highest BCUT2D eigenvalue weighted by atomic mass is 35.5. The lowest BCUT2D eigenvalue weighted by Crippen LogP contribution is -2.41. The molecule has 0 spiro atoms. The molecule has 0 saturated heterocycles. The summed E-state index contributed by atoms with van der Waals surface area (Å²) in [5.41, 5.74) is 10.2. The van der Waals surface area contributed by atoms with E-state index in [9.17, 15) is 0 Å². The quantitative estimate of drug-likeness (QED) is 0.378. The Morgan fingerprint density at radius 1 is 0.914 bits per heavy atom. The average molecular weight is 501 g/mol. The molecule has 6 aromatic rings. The molecule has 2 N–H and O–H groups in total.